The highest BCUT2D eigenvalue weighted by atomic mass is 16.2. The van der Waals surface area contributed by atoms with Gasteiger partial charge in [-0.15, -0.1) is 0 Å². The minimum absolute atomic E-state index is 0.0540. The SMILES string of the molecule is Cc1cc(-c2ccnc(Nc3cnn(C)c3)n2)cnc1NC(=O)C1CC1. The Morgan fingerprint density at radius 2 is 2.12 bits per heavy atom. The average molecular weight is 349 g/mol. The van der Waals surface area contributed by atoms with Crippen molar-refractivity contribution in [1.82, 2.24) is 24.7 Å². The maximum absolute atomic E-state index is 11.9. The molecule has 3 aromatic rings. The first-order valence-electron chi connectivity index (χ1n) is 8.45. The minimum atomic E-state index is 0.0540. The molecule has 3 heterocycles. The van der Waals surface area contributed by atoms with E-state index in [0.29, 0.717) is 11.8 Å². The van der Waals surface area contributed by atoms with Crippen molar-refractivity contribution in [2.24, 2.45) is 13.0 Å². The van der Waals surface area contributed by atoms with Crippen LogP contribution in [-0.4, -0.2) is 30.6 Å². The second-order valence-corrected chi connectivity index (χ2v) is 6.45. The summed E-state index contributed by atoms with van der Waals surface area (Å²) in [6.45, 7) is 1.93. The van der Waals surface area contributed by atoms with Crippen LogP contribution in [0.25, 0.3) is 11.3 Å². The van der Waals surface area contributed by atoms with E-state index in [1.807, 2.05) is 32.3 Å². The molecule has 0 spiro atoms. The monoisotopic (exact) mass is 349 g/mol. The Morgan fingerprint density at radius 3 is 2.81 bits per heavy atom. The number of pyridine rings is 1. The molecule has 26 heavy (non-hydrogen) atoms. The van der Waals surface area contributed by atoms with Crippen LogP contribution >= 0.6 is 0 Å². The van der Waals surface area contributed by atoms with E-state index in [9.17, 15) is 4.79 Å². The summed E-state index contributed by atoms with van der Waals surface area (Å²) in [6, 6.07) is 3.79. The number of nitrogens with zero attached hydrogens (tertiary/aromatic N) is 5. The van der Waals surface area contributed by atoms with E-state index >= 15 is 0 Å². The Kier molecular flexibility index (Phi) is 4.08. The van der Waals surface area contributed by atoms with Crippen molar-refractivity contribution in [3.63, 3.8) is 0 Å². The highest BCUT2D eigenvalue weighted by Gasteiger charge is 2.30. The number of hydrogen-bond acceptors (Lipinski definition) is 6. The fraction of sp³-hybridized carbons (Fsp3) is 0.278. The number of carbonyl (C=O) groups is 1. The van der Waals surface area contributed by atoms with Gasteiger partial charge >= 0.3 is 0 Å². The van der Waals surface area contributed by atoms with Gasteiger partial charge in [-0.2, -0.15) is 5.10 Å². The van der Waals surface area contributed by atoms with Crippen LogP contribution in [0, 0.1) is 12.8 Å². The van der Waals surface area contributed by atoms with Gasteiger partial charge < -0.3 is 10.6 Å². The molecule has 8 heteroatoms. The quantitative estimate of drug-likeness (QED) is 0.735. The lowest BCUT2D eigenvalue weighted by atomic mass is 10.1. The molecule has 3 aromatic heterocycles. The summed E-state index contributed by atoms with van der Waals surface area (Å²) >= 11 is 0. The van der Waals surface area contributed by atoms with Crippen LogP contribution in [0.15, 0.2) is 36.9 Å². The average Bonchev–Trinajstić information content (AvgIpc) is 3.40. The highest BCUT2D eigenvalue weighted by molar-refractivity contribution is 5.93. The molecule has 1 aliphatic rings. The molecule has 8 nitrogen and oxygen atoms in total. The van der Waals surface area contributed by atoms with E-state index in [2.05, 4.69) is 30.7 Å². The summed E-state index contributed by atoms with van der Waals surface area (Å²) in [6.07, 6.45) is 8.90. The van der Waals surface area contributed by atoms with Crippen molar-refractivity contribution < 1.29 is 4.79 Å². The first kappa shape index (κ1) is 16.2. The first-order valence-corrected chi connectivity index (χ1v) is 8.45. The Balaban J connectivity index is 1.54. The summed E-state index contributed by atoms with van der Waals surface area (Å²) in [5, 5.41) is 10.1. The summed E-state index contributed by atoms with van der Waals surface area (Å²) in [7, 11) is 1.85. The first-order chi connectivity index (χ1) is 12.6. The van der Waals surface area contributed by atoms with Crippen molar-refractivity contribution in [3.8, 4) is 11.3 Å². The van der Waals surface area contributed by atoms with Gasteiger partial charge in [0.2, 0.25) is 11.9 Å². The fourth-order valence-electron chi connectivity index (χ4n) is 2.60. The predicted octanol–water partition coefficient (Wildman–Crippen LogP) is 2.67. The topological polar surface area (TPSA) is 97.6 Å². The number of nitrogens with one attached hydrogen (secondary N) is 2. The molecule has 0 atom stereocenters. The van der Waals surface area contributed by atoms with Crippen LogP contribution in [0.3, 0.4) is 0 Å². The molecule has 1 fully saturated rings. The molecule has 1 saturated carbocycles. The van der Waals surface area contributed by atoms with E-state index in [0.717, 1.165) is 35.3 Å². The van der Waals surface area contributed by atoms with Gasteiger partial charge in [-0.1, -0.05) is 0 Å². The van der Waals surface area contributed by atoms with Crippen molar-refractivity contribution in [2.45, 2.75) is 19.8 Å². The molecule has 132 valence electrons. The van der Waals surface area contributed by atoms with Gasteiger partial charge in [0.15, 0.2) is 0 Å². The van der Waals surface area contributed by atoms with Gasteiger partial charge in [0.05, 0.1) is 17.6 Å². The Labute approximate surface area is 150 Å². The van der Waals surface area contributed by atoms with Gasteiger partial charge in [-0.3, -0.25) is 9.48 Å². The van der Waals surface area contributed by atoms with Gasteiger partial charge in [-0.25, -0.2) is 15.0 Å². The zero-order chi connectivity index (χ0) is 18.1. The van der Waals surface area contributed by atoms with Gasteiger partial charge in [-0.05, 0) is 37.5 Å². The fourth-order valence-corrected chi connectivity index (χ4v) is 2.60. The Hall–Kier alpha value is -3.29. The van der Waals surface area contributed by atoms with Crippen LogP contribution in [0.4, 0.5) is 17.5 Å². The molecular formula is C18H19N7O. The van der Waals surface area contributed by atoms with Crippen molar-refractivity contribution >= 4 is 23.4 Å². The van der Waals surface area contributed by atoms with Crippen LogP contribution in [-0.2, 0) is 11.8 Å². The third kappa shape index (κ3) is 3.53. The second-order valence-electron chi connectivity index (χ2n) is 6.45. The predicted molar refractivity (Wildman–Crippen MR) is 97.8 cm³/mol. The number of amides is 1. The van der Waals surface area contributed by atoms with Crippen molar-refractivity contribution in [1.29, 1.82) is 0 Å². The van der Waals surface area contributed by atoms with Crippen molar-refractivity contribution in [2.75, 3.05) is 10.6 Å². The zero-order valence-electron chi connectivity index (χ0n) is 14.6. The zero-order valence-corrected chi connectivity index (χ0v) is 14.6. The minimum Gasteiger partial charge on any atom is -0.321 e. The summed E-state index contributed by atoms with van der Waals surface area (Å²) in [5.41, 5.74) is 3.33. The molecule has 0 saturated heterocycles. The maximum atomic E-state index is 11.9. The van der Waals surface area contributed by atoms with E-state index in [1.54, 1.807) is 23.3 Å². The highest BCUT2D eigenvalue weighted by Crippen LogP contribution is 2.30. The molecule has 1 aliphatic carbocycles. The molecule has 0 aromatic carbocycles. The van der Waals surface area contributed by atoms with E-state index in [4.69, 9.17) is 0 Å². The standard InChI is InChI=1S/C18H19N7O/c1-11-7-13(8-20-16(11)24-17(26)12-3-4-12)15-5-6-19-18(23-15)22-14-9-21-25(2)10-14/h5-10,12H,3-4H2,1-2H3,(H,19,22,23)(H,20,24,26). The van der Waals surface area contributed by atoms with Crippen LogP contribution in [0.5, 0.6) is 0 Å². The number of carbonyl (C=O) groups excluding carboxylic acids is 1. The van der Waals surface area contributed by atoms with E-state index in [-0.39, 0.29) is 11.8 Å². The lowest BCUT2D eigenvalue weighted by Crippen LogP contribution is -2.15. The third-order valence-electron chi connectivity index (χ3n) is 4.18. The molecule has 0 aliphatic heterocycles. The number of aromatic nitrogens is 5. The molecule has 4 rings (SSSR count). The number of rotatable bonds is 5. The lowest BCUT2D eigenvalue weighted by Gasteiger charge is -2.09. The van der Waals surface area contributed by atoms with Gasteiger partial charge in [0.1, 0.15) is 5.82 Å². The lowest BCUT2D eigenvalue weighted by molar-refractivity contribution is -0.117. The van der Waals surface area contributed by atoms with Gasteiger partial charge in [0, 0.05) is 37.1 Å². The smallest absolute Gasteiger partial charge is 0.228 e. The van der Waals surface area contributed by atoms with Crippen LogP contribution in [0.2, 0.25) is 0 Å². The normalized spacial score (nSPS) is 13.5. The van der Waals surface area contributed by atoms with Crippen LogP contribution in [0.1, 0.15) is 18.4 Å². The number of aryl methyl sites for hydroxylation is 2. The largest absolute Gasteiger partial charge is 0.321 e. The molecular weight excluding hydrogens is 330 g/mol. The van der Waals surface area contributed by atoms with E-state index < -0.39 is 0 Å². The van der Waals surface area contributed by atoms with E-state index in [1.165, 1.54) is 0 Å². The van der Waals surface area contributed by atoms with Crippen LogP contribution < -0.4 is 10.6 Å². The second kappa shape index (κ2) is 6.55. The molecule has 0 unspecified atom stereocenters. The summed E-state index contributed by atoms with van der Waals surface area (Å²) in [4.78, 5) is 25.1. The van der Waals surface area contributed by atoms with Crippen molar-refractivity contribution in [3.05, 3.63) is 42.5 Å². The molecule has 2 N–H and O–H groups in total. The maximum Gasteiger partial charge on any atom is 0.228 e. The van der Waals surface area contributed by atoms with Gasteiger partial charge in [0.25, 0.3) is 0 Å². The Morgan fingerprint density at radius 1 is 1.27 bits per heavy atom. The molecule has 0 radical (unpaired) electrons. The summed E-state index contributed by atoms with van der Waals surface area (Å²) < 4.78 is 1.70. The molecule has 1 amide bonds. The molecule has 0 bridgehead atoms. The third-order valence-corrected chi connectivity index (χ3v) is 4.18. The summed E-state index contributed by atoms with van der Waals surface area (Å²) in [5.74, 6) is 1.30. The number of hydrogen-bond donors (Lipinski definition) is 2. The number of anilines is 3. The Bertz CT molecular complexity index is 962.